The molecule has 0 amide bonds. The van der Waals surface area contributed by atoms with Crippen LogP contribution in [0.1, 0.15) is 0 Å². The van der Waals surface area contributed by atoms with Crippen LogP contribution in [0, 0.1) is 0 Å². The molecular weight excluding hydrogens is 306 g/mol. The summed E-state index contributed by atoms with van der Waals surface area (Å²) < 4.78 is 5.10. The van der Waals surface area contributed by atoms with E-state index in [0.29, 0.717) is 0 Å². The number of aliphatic imine (C=N–C) groups is 1. The summed E-state index contributed by atoms with van der Waals surface area (Å²) in [5, 5.41) is 37.1. The Morgan fingerprint density at radius 2 is 1.81 bits per heavy atom. The molecule has 0 aromatic heterocycles. The van der Waals surface area contributed by atoms with Crippen LogP contribution < -0.4 is 5.73 Å². The number of rotatable bonds is 2. The molecular formula is C7H14ClN2O5Se. The fourth-order valence-electron chi connectivity index (χ4n) is 1.31. The van der Waals surface area contributed by atoms with E-state index in [1.165, 1.54) is 0 Å². The molecule has 0 aromatic carbocycles. The molecule has 1 unspecified atom stereocenters. The molecule has 0 bridgehead atoms. The van der Waals surface area contributed by atoms with Gasteiger partial charge in [0.15, 0.2) is 0 Å². The van der Waals surface area contributed by atoms with Crippen molar-refractivity contribution in [3.8, 4) is 0 Å². The van der Waals surface area contributed by atoms with Crippen molar-refractivity contribution in [2.45, 2.75) is 30.6 Å². The Kier molecular flexibility index (Phi) is 6.76. The third-order valence-electron chi connectivity index (χ3n) is 2.12. The van der Waals surface area contributed by atoms with E-state index in [4.69, 9.17) is 15.6 Å². The molecule has 0 aromatic rings. The summed E-state index contributed by atoms with van der Waals surface area (Å²) in [5.74, 6) is 0. The number of nitrogens with zero attached hydrogens (tertiary/aromatic N) is 1. The van der Waals surface area contributed by atoms with E-state index in [1.54, 1.807) is 0 Å². The first-order valence-electron chi connectivity index (χ1n) is 4.28. The van der Waals surface area contributed by atoms with Crippen LogP contribution in [0.5, 0.6) is 0 Å². The number of aliphatic hydroxyl groups is 4. The topological polar surface area (TPSA) is 129 Å². The zero-order chi connectivity index (χ0) is 11.6. The van der Waals surface area contributed by atoms with Crippen LogP contribution in [-0.2, 0) is 4.74 Å². The number of hydrogen-bond donors (Lipinski definition) is 5. The van der Waals surface area contributed by atoms with Gasteiger partial charge in [-0.2, -0.15) is 0 Å². The second-order valence-electron chi connectivity index (χ2n) is 3.19. The zero-order valence-electron chi connectivity index (χ0n) is 8.13. The van der Waals surface area contributed by atoms with Crippen molar-refractivity contribution in [3.63, 3.8) is 0 Å². The predicted octanol–water partition coefficient (Wildman–Crippen LogP) is -3.31. The van der Waals surface area contributed by atoms with Crippen LogP contribution in [0.2, 0.25) is 0 Å². The normalized spacial score (nSPS) is 40.2. The molecule has 5 atom stereocenters. The van der Waals surface area contributed by atoms with Crippen LogP contribution >= 0.6 is 12.4 Å². The Morgan fingerprint density at radius 3 is 2.25 bits per heavy atom. The number of ether oxygens (including phenoxy) is 1. The van der Waals surface area contributed by atoms with Crippen LogP contribution in [-0.4, -0.2) is 78.4 Å². The quantitative estimate of drug-likeness (QED) is 0.206. The van der Waals surface area contributed by atoms with E-state index in [-0.39, 0.29) is 17.1 Å². The van der Waals surface area contributed by atoms with Gasteiger partial charge in [0, 0.05) is 0 Å². The minimum atomic E-state index is -1.43. The number of nitrogens with two attached hydrogens (primary N) is 1. The standard InChI is InChI=1S/C7H13N2O5Se.ClH/c8-7(15)9-6-5(13)4(12)3(11)2(1-10)14-6;/h2-6,10-13H,1H2,(H2,8,9);1H/t2-,3-,4+,5-,6?;/m1./s1. The number of hydrogen-bond acceptors (Lipinski definition) is 6. The third-order valence-corrected chi connectivity index (χ3v) is 2.34. The summed E-state index contributed by atoms with van der Waals surface area (Å²) in [7, 11) is 0. The second kappa shape index (κ2) is 6.73. The van der Waals surface area contributed by atoms with Crippen molar-refractivity contribution in [2.75, 3.05) is 6.61 Å². The maximum absolute atomic E-state index is 9.48. The molecule has 1 fully saturated rings. The Balaban J connectivity index is 0.00000225. The first kappa shape index (κ1) is 16.1. The van der Waals surface area contributed by atoms with E-state index in [2.05, 4.69) is 21.0 Å². The maximum atomic E-state index is 9.48. The van der Waals surface area contributed by atoms with Crippen molar-refractivity contribution in [3.05, 3.63) is 0 Å². The molecule has 7 nitrogen and oxygen atoms in total. The number of aliphatic hydroxyl groups excluding tert-OH is 4. The minimum absolute atomic E-state index is 0. The Labute approximate surface area is 107 Å². The summed E-state index contributed by atoms with van der Waals surface area (Å²) in [4.78, 5) is 3.68. The third kappa shape index (κ3) is 3.54. The van der Waals surface area contributed by atoms with Crippen molar-refractivity contribution in [1.82, 2.24) is 0 Å². The summed E-state index contributed by atoms with van der Waals surface area (Å²) in [5.41, 5.74) is 5.25. The number of halogens is 1. The van der Waals surface area contributed by atoms with Gasteiger partial charge in [-0.25, -0.2) is 0 Å². The van der Waals surface area contributed by atoms with Gasteiger partial charge in [0.2, 0.25) is 0 Å². The summed E-state index contributed by atoms with van der Waals surface area (Å²) >= 11 is 2.40. The van der Waals surface area contributed by atoms with Gasteiger partial charge >= 0.3 is 93.9 Å². The first-order chi connectivity index (χ1) is 6.97. The average molecular weight is 321 g/mol. The molecule has 95 valence electrons. The Hall–Kier alpha value is 0.0795. The number of amidine groups is 1. The fourth-order valence-corrected chi connectivity index (χ4v) is 1.53. The summed E-state index contributed by atoms with van der Waals surface area (Å²) in [6, 6.07) is 0. The van der Waals surface area contributed by atoms with E-state index >= 15 is 0 Å². The molecule has 1 rings (SSSR count). The van der Waals surface area contributed by atoms with Gasteiger partial charge in [-0.1, -0.05) is 0 Å². The molecule has 1 heterocycles. The average Bonchev–Trinajstić information content (AvgIpc) is 2.18. The molecule has 1 radical (unpaired) electrons. The van der Waals surface area contributed by atoms with Crippen molar-refractivity contribution >= 4 is 33.2 Å². The van der Waals surface area contributed by atoms with Gasteiger partial charge in [0.25, 0.3) is 0 Å². The Morgan fingerprint density at radius 1 is 1.25 bits per heavy atom. The van der Waals surface area contributed by atoms with Crippen molar-refractivity contribution in [1.29, 1.82) is 0 Å². The fraction of sp³-hybridized carbons (Fsp3) is 0.857. The first-order valence-corrected chi connectivity index (χ1v) is 5.13. The SMILES string of the molecule is Cl.NC([Se])=NC1O[C@H](CO)[C@@H](O)[C@H](O)[C@H]1O. The second-order valence-corrected chi connectivity index (χ2v) is 4.06. The summed E-state index contributed by atoms with van der Waals surface area (Å²) in [6.45, 7) is -0.482. The monoisotopic (exact) mass is 321 g/mol. The van der Waals surface area contributed by atoms with E-state index in [0.717, 1.165) is 0 Å². The van der Waals surface area contributed by atoms with Gasteiger partial charge in [0.05, 0.1) is 0 Å². The van der Waals surface area contributed by atoms with E-state index in [1.807, 2.05) is 0 Å². The van der Waals surface area contributed by atoms with Crippen LogP contribution in [0.25, 0.3) is 0 Å². The van der Waals surface area contributed by atoms with Crippen LogP contribution in [0.15, 0.2) is 4.99 Å². The molecule has 0 aliphatic carbocycles. The molecule has 1 aliphatic rings. The van der Waals surface area contributed by atoms with Crippen LogP contribution in [0.4, 0.5) is 0 Å². The molecule has 1 aliphatic heterocycles. The van der Waals surface area contributed by atoms with Gasteiger partial charge in [-0.3, -0.25) is 0 Å². The molecule has 9 heteroatoms. The van der Waals surface area contributed by atoms with Crippen molar-refractivity contribution in [2.24, 2.45) is 10.7 Å². The summed E-state index contributed by atoms with van der Waals surface area (Å²) in [6.07, 6.45) is -6.24. The van der Waals surface area contributed by atoms with Crippen molar-refractivity contribution < 1.29 is 25.2 Å². The van der Waals surface area contributed by atoms with E-state index in [9.17, 15) is 15.3 Å². The van der Waals surface area contributed by atoms with E-state index < -0.39 is 37.3 Å². The zero-order valence-corrected chi connectivity index (χ0v) is 10.7. The molecule has 6 N–H and O–H groups in total. The van der Waals surface area contributed by atoms with Gasteiger partial charge in [0.1, 0.15) is 0 Å². The molecule has 16 heavy (non-hydrogen) atoms. The molecule has 0 saturated carbocycles. The van der Waals surface area contributed by atoms with Gasteiger partial charge in [-0.05, 0) is 0 Å². The van der Waals surface area contributed by atoms with Crippen LogP contribution in [0.3, 0.4) is 0 Å². The molecule has 1 saturated heterocycles. The predicted molar refractivity (Wildman–Crippen MR) is 58.4 cm³/mol. The van der Waals surface area contributed by atoms with Gasteiger partial charge in [-0.15, -0.1) is 12.4 Å². The Bertz CT molecular complexity index is 251. The molecule has 0 spiro atoms. The van der Waals surface area contributed by atoms with Gasteiger partial charge < -0.3 is 0 Å².